The standard InChI is InChI=1S/C12H10ClIN2O2/c13-10-5-8(1-2-11(10)14)12(17)16-3-4-18-9(6-15)7-16/h1-2,5,9H,3-4,7H2. The van der Waals surface area contributed by atoms with Gasteiger partial charge >= 0.3 is 0 Å². The lowest BCUT2D eigenvalue weighted by molar-refractivity contribution is 0.00347. The molecule has 1 aliphatic rings. The van der Waals surface area contributed by atoms with Gasteiger partial charge in [-0.3, -0.25) is 4.79 Å². The maximum absolute atomic E-state index is 12.2. The highest BCUT2D eigenvalue weighted by molar-refractivity contribution is 14.1. The second-order valence-electron chi connectivity index (χ2n) is 3.87. The summed E-state index contributed by atoms with van der Waals surface area (Å²) in [6.45, 7) is 1.20. The number of nitriles is 1. The van der Waals surface area contributed by atoms with E-state index in [-0.39, 0.29) is 5.91 Å². The Balaban J connectivity index is 2.15. The van der Waals surface area contributed by atoms with Crippen LogP contribution in [0.25, 0.3) is 0 Å². The molecule has 1 amide bonds. The Labute approximate surface area is 124 Å². The molecule has 94 valence electrons. The van der Waals surface area contributed by atoms with Crippen LogP contribution in [0.3, 0.4) is 0 Å². The van der Waals surface area contributed by atoms with Crippen molar-refractivity contribution in [3.63, 3.8) is 0 Å². The maximum atomic E-state index is 12.2. The highest BCUT2D eigenvalue weighted by Gasteiger charge is 2.24. The molecule has 1 aliphatic heterocycles. The van der Waals surface area contributed by atoms with E-state index < -0.39 is 6.10 Å². The molecule has 1 atom stereocenters. The third-order valence-corrected chi connectivity index (χ3v) is 4.24. The van der Waals surface area contributed by atoms with Crippen LogP contribution in [-0.4, -0.2) is 36.6 Å². The van der Waals surface area contributed by atoms with E-state index in [0.717, 1.165) is 3.57 Å². The molecule has 1 heterocycles. The van der Waals surface area contributed by atoms with Gasteiger partial charge in [-0.25, -0.2) is 0 Å². The maximum Gasteiger partial charge on any atom is 0.254 e. The van der Waals surface area contributed by atoms with Crippen molar-refractivity contribution in [1.82, 2.24) is 4.90 Å². The van der Waals surface area contributed by atoms with Crippen LogP contribution < -0.4 is 0 Å². The largest absolute Gasteiger partial charge is 0.360 e. The zero-order valence-electron chi connectivity index (χ0n) is 9.40. The number of hydrogen-bond donors (Lipinski definition) is 0. The van der Waals surface area contributed by atoms with Gasteiger partial charge in [0.15, 0.2) is 6.10 Å². The monoisotopic (exact) mass is 376 g/mol. The molecule has 2 rings (SSSR count). The summed E-state index contributed by atoms with van der Waals surface area (Å²) in [4.78, 5) is 13.8. The first-order valence-corrected chi connectivity index (χ1v) is 6.83. The van der Waals surface area contributed by atoms with Crippen molar-refractivity contribution in [2.45, 2.75) is 6.10 Å². The smallest absolute Gasteiger partial charge is 0.254 e. The molecular formula is C12H10ClIN2O2. The first-order valence-electron chi connectivity index (χ1n) is 5.37. The predicted octanol–water partition coefficient (Wildman–Crippen LogP) is 2.31. The van der Waals surface area contributed by atoms with Gasteiger partial charge in [0.2, 0.25) is 0 Å². The van der Waals surface area contributed by atoms with Gasteiger partial charge in [-0.1, -0.05) is 11.6 Å². The fourth-order valence-electron chi connectivity index (χ4n) is 1.72. The van der Waals surface area contributed by atoms with E-state index in [1.54, 1.807) is 23.1 Å². The van der Waals surface area contributed by atoms with E-state index in [0.29, 0.717) is 30.3 Å². The Morgan fingerprint density at radius 3 is 3.06 bits per heavy atom. The van der Waals surface area contributed by atoms with Gasteiger partial charge < -0.3 is 9.64 Å². The van der Waals surface area contributed by atoms with Gasteiger partial charge in [-0.05, 0) is 40.8 Å². The van der Waals surface area contributed by atoms with Crippen molar-refractivity contribution < 1.29 is 9.53 Å². The van der Waals surface area contributed by atoms with Crippen LogP contribution in [0.15, 0.2) is 18.2 Å². The van der Waals surface area contributed by atoms with E-state index in [1.165, 1.54) is 0 Å². The zero-order valence-corrected chi connectivity index (χ0v) is 12.3. The molecule has 0 N–H and O–H groups in total. The fourth-order valence-corrected chi connectivity index (χ4v) is 2.24. The molecule has 0 saturated carbocycles. The summed E-state index contributed by atoms with van der Waals surface area (Å²) in [5.41, 5.74) is 0.541. The van der Waals surface area contributed by atoms with Crippen molar-refractivity contribution in [2.75, 3.05) is 19.7 Å². The predicted molar refractivity (Wildman–Crippen MR) is 75.4 cm³/mol. The SMILES string of the molecule is N#CC1CN(C(=O)c2ccc(I)c(Cl)c2)CCO1. The average Bonchev–Trinajstić information content (AvgIpc) is 2.41. The Morgan fingerprint density at radius 2 is 2.39 bits per heavy atom. The number of morpholine rings is 1. The second-order valence-corrected chi connectivity index (χ2v) is 5.44. The van der Waals surface area contributed by atoms with Crippen LogP contribution in [0.5, 0.6) is 0 Å². The number of benzene rings is 1. The van der Waals surface area contributed by atoms with Crippen LogP contribution >= 0.6 is 34.2 Å². The number of halogens is 2. The number of carbonyl (C=O) groups excluding carboxylic acids is 1. The van der Waals surface area contributed by atoms with E-state index in [2.05, 4.69) is 22.6 Å². The van der Waals surface area contributed by atoms with E-state index in [1.807, 2.05) is 6.07 Å². The molecule has 0 bridgehead atoms. The van der Waals surface area contributed by atoms with Crippen LogP contribution in [-0.2, 0) is 4.74 Å². The highest BCUT2D eigenvalue weighted by atomic mass is 127. The molecule has 1 aromatic carbocycles. The minimum absolute atomic E-state index is 0.114. The lowest BCUT2D eigenvalue weighted by Crippen LogP contribution is -2.45. The van der Waals surface area contributed by atoms with Gasteiger partial charge in [0, 0.05) is 15.7 Å². The Hall–Kier alpha value is -0.840. The second kappa shape index (κ2) is 5.87. The van der Waals surface area contributed by atoms with Crippen molar-refractivity contribution in [3.05, 3.63) is 32.4 Å². The molecule has 0 radical (unpaired) electrons. The molecule has 1 saturated heterocycles. The van der Waals surface area contributed by atoms with Crippen molar-refractivity contribution in [3.8, 4) is 6.07 Å². The zero-order chi connectivity index (χ0) is 13.1. The minimum Gasteiger partial charge on any atom is -0.360 e. The Kier molecular flexibility index (Phi) is 4.43. The van der Waals surface area contributed by atoms with E-state index in [9.17, 15) is 4.79 Å². The number of carbonyl (C=O) groups is 1. The quantitative estimate of drug-likeness (QED) is 0.707. The summed E-state index contributed by atoms with van der Waals surface area (Å²) in [6, 6.07) is 7.22. The molecule has 1 aromatic rings. The molecule has 4 nitrogen and oxygen atoms in total. The topological polar surface area (TPSA) is 53.3 Å². The summed E-state index contributed by atoms with van der Waals surface area (Å²) >= 11 is 8.11. The Morgan fingerprint density at radius 1 is 1.61 bits per heavy atom. The molecular weight excluding hydrogens is 367 g/mol. The van der Waals surface area contributed by atoms with Crippen LogP contribution in [0, 0.1) is 14.9 Å². The van der Waals surface area contributed by atoms with Gasteiger partial charge in [-0.15, -0.1) is 0 Å². The molecule has 0 aromatic heterocycles. The van der Waals surface area contributed by atoms with E-state index in [4.69, 9.17) is 21.6 Å². The Bertz CT molecular complexity index is 515. The van der Waals surface area contributed by atoms with Gasteiger partial charge in [0.25, 0.3) is 5.91 Å². The third kappa shape index (κ3) is 2.94. The average molecular weight is 377 g/mol. The minimum atomic E-state index is -0.540. The number of hydrogen-bond acceptors (Lipinski definition) is 3. The normalized spacial score (nSPS) is 19.4. The summed E-state index contributed by atoms with van der Waals surface area (Å²) in [7, 11) is 0. The van der Waals surface area contributed by atoms with Gasteiger partial charge in [0.1, 0.15) is 0 Å². The summed E-state index contributed by atoms with van der Waals surface area (Å²) in [5, 5.41) is 9.37. The van der Waals surface area contributed by atoms with Gasteiger partial charge in [-0.2, -0.15) is 5.26 Å². The lowest BCUT2D eigenvalue weighted by atomic mass is 10.2. The van der Waals surface area contributed by atoms with Gasteiger partial charge in [0.05, 0.1) is 24.2 Å². The van der Waals surface area contributed by atoms with Crippen molar-refractivity contribution >= 4 is 40.1 Å². The first-order chi connectivity index (χ1) is 8.61. The first kappa shape index (κ1) is 13.6. The molecule has 1 fully saturated rings. The van der Waals surface area contributed by atoms with E-state index >= 15 is 0 Å². The lowest BCUT2D eigenvalue weighted by Gasteiger charge is -2.29. The number of ether oxygens (including phenoxy) is 1. The van der Waals surface area contributed by atoms with Crippen LogP contribution in [0.4, 0.5) is 0 Å². The third-order valence-electron chi connectivity index (χ3n) is 2.66. The summed E-state index contributed by atoms with van der Waals surface area (Å²) in [5.74, 6) is -0.114. The van der Waals surface area contributed by atoms with Crippen LogP contribution in [0.2, 0.25) is 5.02 Å². The van der Waals surface area contributed by atoms with Crippen molar-refractivity contribution in [2.24, 2.45) is 0 Å². The molecule has 0 aliphatic carbocycles. The summed E-state index contributed by atoms with van der Waals surface area (Å²) < 4.78 is 6.11. The molecule has 6 heteroatoms. The van der Waals surface area contributed by atoms with Crippen molar-refractivity contribution in [1.29, 1.82) is 5.26 Å². The number of amides is 1. The highest BCUT2D eigenvalue weighted by Crippen LogP contribution is 2.21. The summed E-state index contributed by atoms with van der Waals surface area (Å²) in [6.07, 6.45) is -0.540. The molecule has 1 unspecified atom stereocenters. The van der Waals surface area contributed by atoms with Crippen LogP contribution in [0.1, 0.15) is 10.4 Å². The number of nitrogens with zero attached hydrogens (tertiary/aromatic N) is 2. The molecule has 0 spiro atoms. The molecule has 18 heavy (non-hydrogen) atoms. The fraction of sp³-hybridized carbons (Fsp3) is 0.333. The number of rotatable bonds is 1.